The van der Waals surface area contributed by atoms with E-state index < -0.39 is 51.5 Å². The number of sulfonamides is 1. The smallest absolute Gasteiger partial charge is 0.344 e. The van der Waals surface area contributed by atoms with Gasteiger partial charge in [0.1, 0.15) is 11.9 Å². The van der Waals surface area contributed by atoms with Gasteiger partial charge in [-0.05, 0) is 50.1 Å². The number of halogens is 4. The van der Waals surface area contributed by atoms with Crippen LogP contribution in [0.2, 0.25) is 0 Å². The molecule has 2 aliphatic rings. The molecule has 2 heterocycles. The average Bonchev–Trinajstić information content (AvgIpc) is 3.36. The van der Waals surface area contributed by atoms with Gasteiger partial charge < -0.3 is 10.2 Å². The number of likely N-dealkylation sites (tertiary alicyclic amines) is 1. The third kappa shape index (κ3) is 5.73. The maximum Gasteiger partial charge on any atom is 0.416 e. The van der Waals surface area contributed by atoms with Crippen molar-refractivity contribution in [2.45, 2.75) is 42.9 Å². The summed E-state index contributed by atoms with van der Waals surface area (Å²) < 4.78 is 80.5. The topological polar surface area (TPSA) is 111 Å². The van der Waals surface area contributed by atoms with E-state index in [1.807, 2.05) is 6.07 Å². The molecule has 13 heteroatoms. The van der Waals surface area contributed by atoms with Crippen molar-refractivity contribution in [2.24, 2.45) is 5.92 Å². The molecule has 2 atom stereocenters. The molecule has 0 aromatic heterocycles. The summed E-state index contributed by atoms with van der Waals surface area (Å²) in [5, 5.41) is 11.5. The molecule has 2 fully saturated rings. The Balaban J connectivity index is 1.52. The van der Waals surface area contributed by atoms with Crippen molar-refractivity contribution in [3.8, 4) is 6.07 Å². The van der Waals surface area contributed by atoms with E-state index in [1.165, 1.54) is 36.1 Å². The van der Waals surface area contributed by atoms with E-state index in [9.17, 15) is 35.6 Å². The number of nitrogens with zero attached hydrogens (tertiary/aromatic N) is 3. The minimum absolute atomic E-state index is 0.0448. The molecule has 4 rings (SSSR count). The predicted molar refractivity (Wildman–Crippen MR) is 135 cm³/mol. The van der Waals surface area contributed by atoms with Gasteiger partial charge >= 0.3 is 6.18 Å². The Bertz CT molecular complexity index is 1500. The number of carbonyl (C=O) groups is 2. The number of amides is 2. The molecule has 212 valence electrons. The van der Waals surface area contributed by atoms with Crippen LogP contribution in [0.4, 0.5) is 17.6 Å². The SMILES string of the molecule is C=C(C)[C@@H](NC(=O)[C@H]1CCCN1C(=O)c1cccc(S(=O)(=O)N2CC(C#N)C2)c1)c1ccc(C(F)(F)F)cc1F. The lowest BCUT2D eigenvalue weighted by Crippen LogP contribution is -2.49. The van der Waals surface area contributed by atoms with E-state index in [1.54, 1.807) is 0 Å². The summed E-state index contributed by atoms with van der Waals surface area (Å²) in [5.74, 6) is -2.78. The maximum atomic E-state index is 14.7. The number of benzene rings is 2. The zero-order chi connectivity index (χ0) is 29.4. The fraction of sp³-hybridized carbons (Fsp3) is 0.370. The number of nitrogens with one attached hydrogen (secondary N) is 1. The zero-order valence-electron chi connectivity index (χ0n) is 21.4. The maximum absolute atomic E-state index is 14.7. The van der Waals surface area contributed by atoms with E-state index in [0.717, 1.165) is 10.4 Å². The Morgan fingerprint density at radius 3 is 2.48 bits per heavy atom. The molecule has 2 amide bonds. The van der Waals surface area contributed by atoms with E-state index in [-0.39, 0.29) is 53.6 Å². The highest BCUT2D eigenvalue weighted by Gasteiger charge is 2.39. The molecule has 0 aliphatic carbocycles. The van der Waals surface area contributed by atoms with Crippen LogP contribution in [0.15, 0.2) is 59.5 Å². The van der Waals surface area contributed by atoms with E-state index in [4.69, 9.17) is 5.26 Å². The van der Waals surface area contributed by atoms with Gasteiger partial charge in [0.05, 0.1) is 28.5 Å². The minimum atomic E-state index is -4.74. The Hall–Kier alpha value is -3.76. The third-order valence-electron chi connectivity index (χ3n) is 6.98. The van der Waals surface area contributed by atoms with Crippen LogP contribution in [0, 0.1) is 23.1 Å². The molecular weight excluding hydrogens is 552 g/mol. The van der Waals surface area contributed by atoms with Crippen LogP contribution in [-0.2, 0) is 21.0 Å². The van der Waals surface area contributed by atoms with Gasteiger partial charge in [0.15, 0.2) is 0 Å². The van der Waals surface area contributed by atoms with Gasteiger partial charge in [-0.25, -0.2) is 12.8 Å². The molecule has 0 saturated carbocycles. The molecular formula is C27H26F4N4O4S. The second-order valence-electron chi connectivity index (χ2n) is 9.85. The highest BCUT2D eigenvalue weighted by molar-refractivity contribution is 7.89. The lowest BCUT2D eigenvalue weighted by Gasteiger charge is -2.34. The molecule has 2 aliphatic heterocycles. The van der Waals surface area contributed by atoms with Crippen molar-refractivity contribution in [1.82, 2.24) is 14.5 Å². The van der Waals surface area contributed by atoms with Crippen LogP contribution < -0.4 is 5.32 Å². The van der Waals surface area contributed by atoms with Gasteiger partial charge in [-0.2, -0.15) is 22.7 Å². The van der Waals surface area contributed by atoms with Gasteiger partial charge in [0.25, 0.3) is 5.91 Å². The number of rotatable bonds is 7. The lowest BCUT2D eigenvalue weighted by atomic mass is 9.98. The third-order valence-corrected chi connectivity index (χ3v) is 8.81. The Kier molecular flexibility index (Phi) is 8.05. The van der Waals surface area contributed by atoms with Gasteiger partial charge in [-0.1, -0.05) is 24.3 Å². The number of alkyl halides is 3. The van der Waals surface area contributed by atoms with E-state index >= 15 is 0 Å². The van der Waals surface area contributed by atoms with Crippen LogP contribution in [-0.4, -0.2) is 55.1 Å². The summed E-state index contributed by atoms with van der Waals surface area (Å²) in [7, 11) is -3.91. The number of carbonyl (C=O) groups excluding carboxylic acids is 2. The van der Waals surface area contributed by atoms with Crippen LogP contribution in [0.5, 0.6) is 0 Å². The van der Waals surface area contributed by atoms with Crippen LogP contribution >= 0.6 is 0 Å². The second kappa shape index (κ2) is 11.0. The summed E-state index contributed by atoms with van der Waals surface area (Å²) in [4.78, 5) is 27.8. The summed E-state index contributed by atoms with van der Waals surface area (Å²) in [6, 6.07) is 7.30. The number of nitriles is 1. The molecule has 1 N–H and O–H groups in total. The molecule has 2 aromatic rings. The highest BCUT2D eigenvalue weighted by atomic mass is 32.2. The standard InChI is InChI=1S/C27H26F4N4O4S/c1-16(2)24(21-9-8-19(12-22(21)28)27(29,30)31)33-25(36)23-7-4-10-35(23)26(37)18-5-3-6-20(11-18)40(38,39)34-14-17(13-32)15-34/h3,5-6,8-9,11-12,17,23-24H,1,4,7,10,14-15H2,2H3,(H,33,36)/t23-,24-/m1/s1. The quantitative estimate of drug-likeness (QED) is 0.394. The highest BCUT2D eigenvalue weighted by Crippen LogP contribution is 2.33. The average molecular weight is 579 g/mol. The van der Waals surface area contributed by atoms with E-state index in [0.29, 0.717) is 18.6 Å². The lowest BCUT2D eigenvalue weighted by molar-refractivity contribution is -0.137. The minimum Gasteiger partial charge on any atom is -0.344 e. The van der Waals surface area contributed by atoms with Gasteiger partial charge in [0.2, 0.25) is 15.9 Å². The van der Waals surface area contributed by atoms with Crippen LogP contribution in [0.25, 0.3) is 0 Å². The summed E-state index contributed by atoms with van der Waals surface area (Å²) in [5.41, 5.74) is -1.06. The first-order chi connectivity index (χ1) is 18.7. The molecule has 40 heavy (non-hydrogen) atoms. The summed E-state index contributed by atoms with van der Waals surface area (Å²) in [6.45, 7) is 5.55. The van der Waals surface area contributed by atoms with Crippen molar-refractivity contribution in [3.63, 3.8) is 0 Å². The van der Waals surface area contributed by atoms with Crippen molar-refractivity contribution < 1.29 is 35.6 Å². The summed E-state index contributed by atoms with van der Waals surface area (Å²) in [6.07, 6.45) is -3.99. The second-order valence-corrected chi connectivity index (χ2v) is 11.8. The predicted octanol–water partition coefficient (Wildman–Crippen LogP) is 4.03. The van der Waals surface area contributed by atoms with Gasteiger partial charge in [0, 0.05) is 30.8 Å². The fourth-order valence-electron chi connectivity index (χ4n) is 4.75. The zero-order valence-corrected chi connectivity index (χ0v) is 22.2. The van der Waals surface area contributed by atoms with Crippen LogP contribution in [0.3, 0.4) is 0 Å². The Morgan fingerprint density at radius 2 is 1.88 bits per heavy atom. The fourth-order valence-corrected chi connectivity index (χ4v) is 6.32. The summed E-state index contributed by atoms with van der Waals surface area (Å²) >= 11 is 0. The first kappa shape index (κ1) is 29.2. The van der Waals surface area contributed by atoms with Crippen molar-refractivity contribution in [2.75, 3.05) is 19.6 Å². The molecule has 0 spiro atoms. The molecule has 0 bridgehead atoms. The normalized spacial score (nSPS) is 19.0. The van der Waals surface area contributed by atoms with Gasteiger partial charge in [-0.3, -0.25) is 9.59 Å². The van der Waals surface area contributed by atoms with E-state index in [2.05, 4.69) is 11.9 Å². The largest absolute Gasteiger partial charge is 0.416 e. The van der Waals surface area contributed by atoms with Crippen molar-refractivity contribution in [1.29, 1.82) is 5.26 Å². The van der Waals surface area contributed by atoms with Crippen LogP contribution in [0.1, 0.15) is 47.3 Å². The molecule has 2 aromatic carbocycles. The molecule has 0 unspecified atom stereocenters. The van der Waals surface area contributed by atoms with Crippen molar-refractivity contribution >= 4 is 21.8 Å². The number of hydrogen-bond donors (Lipinski definition) is 1. The Labute approximate surface area is 228 Å². The monoisotopic (exact) mass is 578 g/mol. The molecule has 8 nitrogen and oxygen atoms in total. The van der Waals surface area contributed by atoms with Gasteiger partial charge in [-0.15, -0.1) is 0 Å². The Morgan fingerprint density at radius 1 is 1.18 bits per heavy atom. The first-order valence-electron chi connectivity index (χ1n) is 12.4. The van der Waals surface area contributed by atoms with Crippen molar-refractivity contribution in [3.05, 3.63) is 77.1 Å². The first-order valence-corrected chi connectivity index (χ1v) is 13.8. The molecule has 2 saturated heterocycles. The molecule has 0 radical (unpaired) electrons. The number of hydrogen-bond acceptors (Lipinski definition) is 5.